The van der Waals surface area contributed by atoms with E-state index in [1.165, 1.54) is 65.3 Å². The molecule has 2 saturated heterocycles. The van der Waals surface area contributed by atoms with Crippen LogP contribution in [0.1, 0.15) is 6.42 Å². The lowest BCUT2D eigenvalue weighted by Crippen LogP contribution is -2.47. The lowest BCUT2D eigenvalue weighted by atomic mass is 10.2. The van der Waals surface area contributed by atoms with Crippen molar-refractivity contribution in [2.75, 3.05) is 73.0 Å². The molecule has 3 fully saturated rings. The van der Waals surface area contributed by atoms with Crippen molar-refractivity contribution in [3.63, 3.8) is 0 Å². The number of nitrogens with zero attached hydrogens (tertiary/aromatic N) is 4. The van der Waals surface area contributed by atoms with Crippen LogP contribution in [0.15, 0.2) is 0 Å². The van der Waals surface area contributed by atoms with Gasteiger partial charge in [-0.05, 0) is 26.4 Å². The highest BCUT2D eigenvalue weighted by Crippen LogP contribution is 2.36. The van der Waals surface area contributed by atoms with Gasteiger partial charge in [-0.15, -0.1) is 0 Å². The van der Waals surface area contributed by atoms with Crippen LogP contribution < -0.4 is 0 Å². The molecule has 1 aliphatic carbocycles. The molecule has 0 N–H and O–H groups in total. The zero-order valence-corrected chi connectivity index (χ0v) is 12.0. The van der Waals surface area contributed by atoms with Gasteiger partial charge in [-0.25, -0.2) is 0 Å². The molecular formula is C14H28N4. The van der Waals surface area contributed by atoms with E-state index in [0.29, 0.717) is 0 Å². The second-order valence-corrected chi connectivity index (χ2v) is 6.51. The summed E-state index contributed by atoms with van der Waals surface area (Å²) in [5.74, 6) is 0.969. The topological polar surface area (TPSA) is 13.0 Å². The first kappa shape index (κ1) is 12.9. The molecule has 4 heteroatoms. The van der Waals surface area contributed by atoms with E-state index in [4.69, 9.17) is 0 Å². The zero-order chi connectivity index (χ0) is 12.5. The van der Waals surface area contributed by atoms with Crippen molar-refractivity contribution >= 4 is 0 Å². The molecule has 0 aromatic carbocycles. The van der Waals surface area contributed by atoms with Gasteiger partial charge in [-0.2, -0.15) is 0 Å². The monoisotopic (exact) mass is 252 g/mol. The van der Waals surface area contributed by atoms with Crippen molar-refractivity contribution in [2.24, 2.45) is 5.92 Å². The fraction of sp³-hybridized carbons (Fsp3) is 1.00. The van der Waals surface area contributed by atoms with E-state index in [0.717, 1.165) is 12.0 Å². The molecule has 0 radical (unpaired) electrons. The van der Waals surface area contributed by atoms with E-state index in [1.807, 2.05) is 0 Å². The summed E-state index contributed by atoms with van der Waals surface area (Å²) in [6, 6.07) is 0.915. The van der Waals surface area contributed by atoms with Crippen LogP contribution in [-0.2, 0) is 0 Å². The number of piperazine rings is 2. The molecule has 18 heavy (non-hydrogen) atoms. The summed E-state index contributed by atoms with van der Waals surface area (Å²) in [6.45, 7) is 11.5. The fourth-order valence-corrected chi connectivity index (χ4v) is 3.39. The Morgan fingerprint density at radius 3 is 1.94 bits per heavy atom. The average molecular weight is 252 g/mol. The van der Waals surface area contributed by atoms with Gasteiger partial charge in [0, 0.05) is 64.9 Å². The molecule has 2 heterocycles. The highest BCUT2D eigenvalue weighted by molar-refractivity contribution is 4.98. The van der Waals surface area contributed by atoms with Crippen LogP contribution in [0, 0.1) is 5.92 Å². The molecule has 1 saturated carbocycles. The van der Waals surface area contributed by atoms with E-state index >= 15 is 0 Å². The second-order valence-electron chi connectivity index (χ2n) is 6.51. The molecule has 2 unspecified atom stereocenters. The predicted molar refractivity (Wildman–Crippen MR) is 74.9 cm³/mol. The highest BCUT2D eigenvalue weighted by atomic mass is 15.3. The van der Waals surface area contributed by atoms with Crippen molar-refractivity contribution in [1.29, 1.82) is 0 Å². The third-order valence-corrected chi connectivity index (χ3v) is 4.98. The largest absolute Gasteiger partial charge is 0.304 e. The summed E-state index contributed by atoms with van der Waals surface area (Å²) in [6.07, 6.45) is 1.45. The Labute approximate surface area is 112 Å². The van der Waals surface area contributed by atoms with Crippen molar-refractivity contribution in [3.8, 4) is 0 Å². The van der Waals surface area contributed by atoms with Gasteiger partial charge in [0.1, 0.15) is 0 Å². The van der Waals surface area contributed by atoms with Gasteiger partial charge in [-0.3, -0.25) is 4.90 Å². The first-order chi connectivity index (χ1) is 8.72. The van der Waals surface area contributed by atoms with E-state index < -0.39 is 0 Å². The molecule has 3 aliphatic rings. The van der Waals surface area contributed by atoms with Crippen molar-refractivity contribution in [2.45, 2.75) is 12.5 Å². The summed E-state index contributed by atoms with van der Waals surface area (Å²) >= 11 is 0. The zero-order valence-electron chi connectivity index (χ0n) is 12.0. The maximum absolute atomic E-state index is 2.74. The van der Waals surface area contributed by atoms with Gasteiger partial charge < -0.3 is 14.7 Å². The summed E-state index contributed by atoms with van der Waals surface area (Å²) in [5, 5.41) is 0. The number of rotatable bonds is 3. The third kappa shape index (κ3) is 3.05. The molecule has 2 aliphatic heterocycles. The SMILES string of the molecule is CN1CCN(CC2CC2N2CCN(C)CC2)CC1. The highest BCUT2D eigenvalue weighted by Gasteiger charge is 2.42. The molecule has 3 rings (SSSR count). The lowest BCUT2D eigenvalue weighted by Gasteiger charge is -2.34. The summed E-state index contributed by atoms with van der Waals surface area (Å²) < 4.78 is 0. The Morgan fingerprint density at radius 2 is 1.33 bits per heavy atom. The van der Waals surface area contributed by atoms with Crippen LogP contribution >= 0.6 is 0 Å². The fourth-order valence-electron chi connectivity index (χ4n) is 3.39. The van der Waals surface area contributed by atoms with Gasteiger partial charge in [0.05, 0.1) is 0 Å². The van der Waals surface area contributed by atoms with E-state index in [9.17, 15) is 0 Å². The maximum atomic E-state index is 2.74. The van der Waals surface area contributed by atoms with Crippen molar-refractivity contribution in [3.05, 3.63) is 0 Å². The van der Waals surface area contributed by atoms with Crippen LogP contribution in [0.3, 0.4) is 0 Å². The van der Waals surface area contributed by atoms with Gasteiger partial charge in [0.25, 0.3) is 0 Å². The first-order valence-corrected chi connectivity index (χ1v) is 7.56. The molecule has 2 atom stereocenters. The van der Waals surface area contributed by atoms with E-state index in [2.05, 4.69) is 33.7 Å². The number of hydrogen-bond acceptors (Lipinski definition) is 4. The Morgan fingerprint density at radius 1 is 0.778 bits per heavy atom. The molecule has 0 bridgehead atoms. The van der Waals surface area contributed by atoms with Gasteiger partial charge in [0.2, 0.25) is 0 Å². The van der Waals surface area contributed by atoms with Gasteiger partial charge in [-0.1, -0.05) is 0 Å². The van der Waals surface area contributed by atoms with Crippen LogP contribution in [0.25, 0.3) is 0 Å². The Bertz CT molecular complexity index is 267. The Kier molecular flexibility index (Phi) is 3.89. The molecule has 0 spiro atoms. The summed E-state index contributed by atoms with van der Waals surface area (Å²) in [5.41, 5.74) is 0. The standard InChI is InChI=1S/C14H28N4/c1-15-3-7-17(8-4-15)12-13-11-14(13)18-9-5-16(2)6-10-18/h13-14H,3-12H2,1-2H3. The molecule has 0 aromatic heterocycles. The third-order valence-electron chi connectivity index (χ3n) is 4.98. The molecule has 0 amide bonds. The second kappa shape index (κ2) is 5.45. The van der Waals surface area contributed by atoms with Gasteiger partial charge >= 0.3 is 0 Å². The quantitative estimate of drug-likeness (QED) is 0.694. The average Bonchev–Trinajstić information content (AvgIpc) is 3.12. The van der Waals surface area contributed by atoms with Crippen LogP contribution in [0.5, 0.6) is 0 Å². The van der Waals surface area contributed by atoms with E-state index in [1.54, 1.807) is 0 Å². The minimum Gasteiger partial charge on any atom is -0.304 e. The summed E-state index contributed by atoms with van der Waals surface area (Å²) in [7, 11) is 4.48. The predicted octanol–water partition coefficient (Wildman–Crippen LogP) is -0.130. The number of likely N-dealkylation sites (N-methyl/N-ethyl adjacent to an activating group) is 2. The smallest absolute Gasteiger partial charge is 0.0141 e. The van der Waals surface area contributed by atoms with E-state index in [-0.39, 0.29) is 0 Å². The normalized spacial score (nSPS) is 37.0. The molecule has 4 nitrogen and oxygen atoms in total. The molecule has 0 aromatic rings. The van der Waals surface area contributed by atoms with Crippen LogP contribution in [0.4, 0.5) is 0 Å². The first-order valence-electron chi connectivity index (χ1n) is 7.56. The van der Waals surface area contributed by atoms with Crippen LogP contribution in [-0.4, -0.2) is 98.6 Å². The molecular weight excluding hydrogens is 224 g/mol. The van der Waals surface area contributed by atoms with Crippen LogP contribution in [0.2, 0.25) is 0 Å². The summed E-state index contributed by atoms with van der Waals surface area (Å²) in [4.78, 5) is 10.3. The van der Waals surface area contributed by atoms with Crippen molar-refractivity contribution < 1.29 is 0 Å². The maximum Gasteiger partial charge on any atom is 0.0141 e. The van der Waals surface area contributed by atoms with Gasteiger partial charge in [0.15, 0.2) is 0 Å². The molecule has 104 valence electrons. The Balaban J connectivity index is 1.39. The van der Waals surface area contributed by atoms with Crippen molar-refractivity contribution in [1.82, 2.24) is 19.6 Å². The minimum atomic E-state index is 0.915. The number of hydrogen-bond donors (Lipinski definition) is 0. The lowest BCUT2D eigenvalue weighted by molar-refractivity contribution is 0.124. The minimum absolute atomic E-state index is 0.915. The Hall–Kier alpha value is -0.160.